The van der Waals surface area contributed by atoms with Crippen molar-refractivity contribution < 1.29 is 14.3 Å². The highest BCUT2D eigenvalue weighted by atomic mass is 16.4. The predicted molar refractivity (Wildman–Crippen MR) is 140 cm³/mol. The number of carbonyl (C=O) groups is 1. The zero-order chi connectivity index (χ0) is 25.8. The van der Waals surface area contributed by atoms with Crippen molar-refractivity contribution in [3.63, 3.8) is 0 Å². The number of hydrogen-bond acceptors (Lipinski definition) is 7. The van der Waals surface area contributed by atoms with Crippen LogP contribution in [0.5, 0.6) is 0 Å². The topological polar surface area (TPSA) is 104 Å². The summed E-state index contributed by atoms with van der Waals surface area (Å²) in [5, 5.41) is 22.2. The van der Waals surface area contributed by atoms with E-state index in [0.717, 1.165) is 36.0 Å². The summed E-state index contributed by atoms with van der Waals surface area (Å²) in [6, 6.07) is 19.9. The number of carbonyl (C=O) groups excluding carboxylic acids is 1. The fourth-order valence-electron chi connectivity index (χ4n) is 4.88. The standard InChI is InChI=1S/C29H31N5O3/c1-19-32-33-28(37-19)24-14-21(16-30-17-24)18-34(2)29(36)23-10-8-20(9-11-23)15-25-12-13-26(31-25)27(35)22-6-4-3-5-7-22/h3-11,14,16-17,25-27,31,35H,12-13,15,18H2,1-2H3. The number of benzene rings is 2. The molecule has 5 rings (SSSR count). The van der Waals surface area contributed by atoms with Crippen molar-refractivity contribution in [2.45, 2.75) is 50.9 Å². The first-order valence-electron chi connectivity index (χ1n) is 12.5. The number of amides is 1. The van der Waals surface area contributed by atoms with Crippen LogP contribution in [0.3, 0.4) is 0 Å². The quantitative estimate of drug-likeness (QED) is 0.378. The van der Waals surface area contributed by atoms with E-state index in [1.54, 1.807) is 31.3 Å². The van der Waals surface area contributed by atoms with E-state index in [9.17, 15) is 9.90 Å². The average molecular weight is 498 g/mol. The molecule has 0 radical (unpaired) electrons. The van der Waals surface area contributed by atoms with Gasteiger partial charge in [-0.3, -0.25) is 9.78 Å². The van der Waals surface area contributed by atoms with Crippen LogP contribution in [0.15, 0.2) is 77.5 Å². The van der Waals surface area contributed by atoms with Crippen LogP contribution in [0.1, 0.15) is 51.9 Å². The smallest absolute Gasteiger partial charge is 0.253 e. The molecule has 1 saturated heterocycles. The van der Waals surface area contributed by atoms with Crippen molar-refractivity contribution >= 4 is 5.91 Å². The van der Waals surface area contributed by atoms with E-state index >= 15 is 0 Å². The summed E-state index contributed by atoms with van der Waals surface area (Å²) >= 11 is 0. The van der Waals surface area contributed by atoms with E-state index in [1.165, 1.54) is 5.56 Å². The number of aromatic nitrogens is 3. The van der Waals surface area contributed by atoms with E-state index in [-0.39, 0.29) is 11.9 Å². The summed E-state index contributed by atoms with van der Waals surface area (Å²) in [5.74, 6) is 0.842. The molecule has 0 bridgehead atoms. The Morgan fingerprint density at radius 1 is 1.08 bits per heavy atom. The van der Waals surface area contributed by atoms with Crippen molar-refractivity contribution in [3.05, 3.63) is 101 Å². The maximum atomic E-state index is 13.0. The molecule has 3 atom stereocenters. The second-order valence-electron chi connectivity index (χ2n) is 9.67. The van der Waals surface area contributed by atoms with Crippen LogP contribution in [-0.4, -0.2) is 50.2 Å². The molecule has 4 aromatic rings. The van der Waals surface area contributed by atoms with Gasteiger partial charge < -0.3 is 19.7 Å². The normalized spacial score (nSPS) is 18.0. The summed E-state index contributed by atoms with van der Waals surface area (Å²) in [6.07, 6.45) is 5.69. The summed E-state index contributed by atoms with van der Waals surface area (Å²) in [4.78, 5) is 19.0. The molecule has 0 aliphatic carbocycles. The minimum absolute atomic E-state index is 0.0544. The number of aliphatic hydroxyl groups excluding tert-OH is 1. The highest BCUT2D eigenvalue weighted by Crippen LogP contribution is 2.27. The van der Waals surface area contributed by atoms with Gasteiger partial charge in [-0.05, 0) is 54.2 Å². The predicted octanol–water partition coefficient (Wildman–Crippen LogP) is 4.11. The maximum Gasteiger partial charge on any atom is 0.253 e. The largest absolute Gasteiger partial charge is 0.421 e. The number of hydrogen-bond donors (Lipinski definition) is 2. The molecule has 2 N–H and O–H groups in total. The zero-order valence-corrected chi connectivity index (χ0v) is 21.0. The van der Waals surface area contributed by atoms with Gasteiger partial charge in [0.2, 0.25) is 11.8 Å². The van der Waals surface area contributed by atoms with E-state index in [0.29, 0.717) is 29.9 Å². The number of aliphatic hydroxyl groups is 1. The Kier molecular flexibility index (Phi) is 7.39. The van der Waals surface area contributed by atoms with Crippen LogP contribution in [-0.2, 0) is 13.0 Å². The van der Waals surface area contributed by atoms with Crippen LogP contribution in [0.25, 0.3) is 11.5 Å². The summed E-state index contributed by atoms with van der Waals surface area (Å²) in [6.45, 7) is 2.15. The first-order valence-corrected chi connectivity index (χ1v) is 12.5. The van der Waals surface area contributed by atoms with Crippen molar-refractivity contribution in [3.8, 4) is 11.5 Å². The first kappa shape index (κ1) is 24.8. The van der Waals surface area contributed by atoms with E-state index in [4.69, 9.17) is 4.42 Å². The Morgan fingerprint density at radius 3 is 2.59 bits per heavy atom. The van der Waals surface area contributed by atoms with Crippen LogP contribution in [0.2, 0.25) is 0 Å². The van der Waals surface area contributed by atoms with Crippen molar-refractivity contribution in [1.82, 2.24) is 25.4 Å². The third kappa shape index (κ3) is 5.93. The van der Waals surface area contributed by atoms with Gasteiger partial charge in [0, 0.05) is 50.6 Å². The van der Waals surface area contributed by atoms with Gasteiger partial charge in [-0.2, -0.15) is 0 Å². The molecule has 0 spiro atoms. The van der Waals surface area contributed by atoms with Crippen molar-refractivity contribution in [1.29, 1.82) is 0 Å². The molecule has 1 amide bonds. The van der Waals surface area contributed by atoms with Gasteiger partial charge in [-0.25, -0.2) is 0 Å². The number of pyridine rings is 1. The second kappa shape index (κ2) is 11.0. The molecule has 2 aromatic heterocycles. The third-order valence-corrected chi connectivity index (χ3v) is 6.82. The highest BCUT2D eigenvalue weighted by molar-refractivity contribution is 5.94. The molecule has 3 heterocycles. The molecule has 1 fully saturated rings. The number of nitrogens with zero attached hydrogens (tertiary/aromatic N) is 4. The molecule has 0 saturated carbocycles. The van der Waals surface area contributed by atoms with E-state index in [2.05, 4.69) is 20.5 Å². The van der Waals surface area contributed by atoms with Gasteiger partial charge in [-0.1, -0.05) is 42.5 Å². The molecule has 37 heavy (non-hydrogen) atoms. The number of rotatable bonds is 8. The number of nitrogens with one attached hydrogen (secondary N) is 1. The fourth-order valence-corrected chi connectivity index (χ4v) is 4.88. The SMILES string of the molecule is Cc1nnc(-c2cncc(CN(C)C(=O)c3ccc(CC4CCC(C(O)c5ccccc5)N4)cc3)c2)o1. The Morgan fingerprint density at radius 2 is 1.86 bits per heavy atom. The third-order valence-electron chi connectivity index (χ3n) is 6.82. The zero-order valence-electron chi connectivity index (χ0n) is 21.0. The van der Waals surface area contributed by atoms with Crippen molar-refractivity contribution in [2.24, 2.45) is 0 Å². The van der Waals surface area contributed by atoms with E-state index in [1.807, 2.05) is 60.7 Å². The lowest BCUT2D eigenvalue weighted by Crippen LogP contribution is -2.35. The van der Waals surface area contributed by atoms with Crippen LogP contribution >= 0.6 is 0 Å². The van der Waals surface area contributed by atoms with Gasteiger partial charge >= 0.3 is 0 Å². The van der Waals surface area contributed by atoms with Gasteiger partial charge in [-0.15, -0.1) is 10.2 Å². The Balaban J connectivity index is 1.16. The molecule has 190 valence electrons. The highest BCUT2D eigenvalue weighted by Gasteiger charge is 2.29. The van der Waals surface area contributed by atoms with E-state index < -0.39 is 6.10 Å². The summed E-state index contributed by atoms with van der Waals surface area (Å²) in [7, 11) is 1.78. The van der Waals surface area contributed by atoms with Crippen molar-refractivity contribution in [2.75, 3.05) is 7.05 Å². The average Bonchev–Trinajstić information content (AvgIpc) is 3.58. The molecule has 8 nitrogen and oxygen atoms in total. The van der Waals surface area contributed by atoms with Gasteiger partial charge in [0.1, 0.15) is 0 Å². The molecule has 1 aliphatic heterocycles. The van der Waals surface area contributed by atoms with Crippen LogP contribution in [0.4, 0.5) is 0 Å². The lowest BCUT2D eigenvalue weighted by molar-refractivity contribution is 0.0785. The Labute approximate surface area is 216 Å². The minimum Gasteiger partial charge on any atom is -0.421 e. The fraction of sp³-hybridized carbons (Fsp3) is 0.310. The lowest BCUT2D eigenvalue weighted by atomic mass is 10.0. The molecule has 3 unspecified atom stereocenters. The second-order valence-corrected chi connectivity index (χ2v) is 9.67. The van der Waals surface area contributed by atoms with Gasteiger partial charge in [0.05, 0.1) is 11.7 Å². The molecular formula is C29H31N5O3. The van der Waals surface area contributed by atoms with Gasteiger partial charge in [0.15, 0.2) is 0 Å². The molecule has 2 aromatic carbocycles. The summed E-state index contributed by atoms with van der Waals surface area (Å²) in [5.41, 5.74) is 4.35. The van der Waals surface area contributed by atoms with Crippen LogP contribution < -0.4 is 5.32 Å². The maximum absolute atomic E-state index is 13.0. The Hall–Kier alpha value is -3.88. The molecule has 8 heteroatoms. The first-order chi connectivity index (χ1) is 18.0. The number of aryl methyl sites for hydroxylation is 1. The minimum atomic E-state index is -0.506. The Bertz CT molecular complexity index is 1340. The monoisotopic (exact) mass is 497 g/mol. The molecular weight excluding hydrogens is 466 g/mol. The van der Waals surface area contributed by atoms with Gasteiger partial charge in [0.25, 0.3) is 5.91 Å². The lowest BCUT2D eigenvalue weighted by Gasteiger charge is -2.20. The molecule has 1 aliphatic rings. The summed E-state index contributed by atoms with van der Waals surface area (Å²) < 4.78 is 5.48. The van der Waals surface area contributed by atoms with Crippen LogP contribution in [0, 0.1) is 6.92 Å².